The molecule has 0 bridgehead atoms. The van der Waals surface area contributed by atoms with Gasteiger partial charge in [0.1, 0.15) is 11.5 Å². The van der Waals surface area contributed by atoms with Crippen molar-refractivity contribution in [3.8, 4) is 0 Å². The number of hydrogen-bond donors (Lipinski definition) is 1. The molecule has 1 N–H and O–H groups in total. The molecular formula is C22H29N5O2. The van der Waals surface area contributed by atoms with E-state index in [0.29, 0.717) is 25.2 Å². The van der Waals surface area contributed by atoms with Crippen LogP contribution in [0.15, 0.2) is 24.4 Å². The standard InChI is InChI=1S/C22H29N5O2/c1-4-10-24-20(28)13-18-15(2)25-21(26-16(18)3)17-8-7-12-27(14-17)22(29)19-9-5-6-11-23-19/h5-6,9,11,17H,4,7-8,10,12-14H2,1-3H3,(H,24,28)/t17-/m1/s1. The molecule has 1 atom stereocenters. The van der Waals surface area contributed by atoms with Gasteiger partial charge in [-0.2, -0.15) is 0 Å². The van der Waals surface area contributed by atoms with Gasteiger partial charge < -0.3 is 10.2 Å². The van der Waals surface area contributed by atoms with Crippen LogP contribution in [0, 0.1) is 13.8 Å². The van der Waals surface area contributed by atoms with Gasteiger partial charge in [-0.3, -0.25) is 14.6 Å². The molecular weight excluding hydrogens is 366 g/mol. The highest BCUT2D eigenvalue weighted by molar-refractivity contribution is 5.92. The van der Waals surface area contributed by atoms with Gasteiger partial charge in [0, 0.05) is 48.7 Å². The average Bonchev–Trinajstić information content (AvgIpc) is 2.74. The van der Waals surface area contributed by atoms with E-state index in [1.807, 2.05) is 31.7 Å². The van der Waals surface area contributed by atoms with Crippen LogP contribution >= 0.6 is 0 Å². The lowest BCUT2D eigenvalue weighted by Gasteiger charge is -2.32. The highest BCUT2D eigenvalue weighted by Gasteiger charge is 2.28. The summed E-state index contributed by atoms with van der Waals surface area (Å²) in [6.07, 6.45) is 4.70. The van der Waals surface area contributed by atoms with Crippen molar-refractivity contribution in [3.63, 3.8) is 0 Å². The van der Waals surface area contributed by atoms with E-state index >= 15 is 0 Å². The van der Waals surface area contributed by atoms with Gasteiger partial charge >= 0.3 is 0 Å². The summed E-state index contributed by atoms with van der Waals surface area (Å²) < 4.78 is 0. The molecule has 1 saturated heterocycles. The molecule has 7 heteroatoms. The zero-order valence-electron chi connectivity index (χ0n) is 17.4. The average molecular weight is 396 g/mol. The van der Waals surface area contributed by atoms with E-state index in [-0.39, 0.29) is 17.7 Å². The molecule has 0 saturated carbocycles. The number of rotatable bonds is 6. The predicted octanol–water partition coefficient (Wildman–Crippen LogP) is 2.58. The lowest BCUT2D eigenvalue weighted by Crippen LogP contribution is -2.40. The monoisotopic (exact) mass is 395 g/mol. The normalized spacial score (nSPS) is 16.5. The molecule has 0 aliphatic carbocycles. The molecule has 2 aromatic heterocycles. The van der Waals surface area contributed by atoms with E-state index in [2.05, 4.69) is 10.3 Å². The Balaban J connectivity index is 1.73. The number of nitrogens with zero attached hydrogens (tertiary/aromatic N) is 4. The Morgan fingerprint density at radius 3 is 2.62 bits per heavy atom. The predicted molar refractivity (Wildman–Crippen MR) is 111 cm³/mol. The fraction of sp³-hybridized carbons (Fsp3) is 0.500. The lowest BCUT2D eigenvalue weighted by molar-refractivity contribution is -0.120. The van der Waals surface area contributed by atoms with E-state index in [9.17, 15) is 9.59 Å². The van der Waals surface area contributed by atoms with Crippen LogP contribution < -0.4 is 5.32 Å². The SMILES string of the molecule is CCCNC(=O)Cc1c(C)nc([C@@H]2CCCN(C(=O)c3ccccn3)C2)nc1C. The molecule has 29 heavy (non-hydrogen) atoms. The van der Waals surface area contributed by atoms with Crippen molar-refractivity contribution in [1.29, 1.82) is 0 Å². The second-order valence-electron chi connectivity index (χ2n) is 7.56. The molecule has 2 amide bonds. The van der Waals surface area contributed by atoms with Gasteiger partial charge in [-0.25, -0.2) is 9.97 Å². The van der Waals surface area contributed by atoms with Crippen LogP contribution in [-0.4, -0.2) is 51.3 Å². The highest BCUT2D eigenvalue weighted by atomic mass is 16.2. The molecule has 2 aromatic rings. The summed E-state index contributed by atoms with van der Waals surface area (Å²) in [5, 5.41) is 2.90. The van der Waals surface area contributed by atoms with Gasteiger partial charge in [0.25, 0.3) is 5.91 Å². The zero-order valence-corrected chi connectivity index (χ0v) is 17.4. The first-order valence-corrected chi connectivity index (χ1v) is 10.3. The maximum absolute atomic E-state index is 12.8. The van der Waals surface area contributed by atoms with Crippen LogP contribution in [0.3, 0.4) is 0 Å². The maximum Gasteiger partial charge on any atom is 0.272 e. The fourth-order valence-corrected chi connectivity index (χ4v) is 3.71. The van der Waals surface area contributed by atoms with Crippen LogP contribution in [-0.2, 0) is 11.2 Å². The number of piperidine rings is 1. The molecule has 154 valence electrons. The molecule has 3 heterocycles. The largest absolute Gasteiger partial charge is 0.356 e. The Labute approximate surface area is 172 Å². The van der Waals surface area contributed by atoms with Crippen molar-refractivity contribution < 1.29 is 9.59 Å². The number of carbonyl (C=O) groups is 2. The van der Waals surface area contributed by atoms with Gasteiger partial charge in [-0.15, -0.1) is 0 Å². The van der Waals surface area contributed by atoms with E-state index in [1.165, 1.54) is 0 Å². The summed E-state index contributed by atoms with van der Waals surface area (Å²) in [6, 6.07) is 5.38. The molecule has 0 aromatic carbocycles. The van der Waals surface area contributed by atoms with Gasteiger partial charge in [0.2, 0.25) is 5.91 Å². The van der Waals surface area contributed by atoms with Gasteiger partial charge in [-0.1, -0.05) is 13.0 Å². The summed E-state index contributed by atoms with van der Waals surface area (Å²) >= 11 is 0. The summed E-state index contributed by atoms with van der Waals surface area (Å²) in [6.45, 7) is 7.88. The quantitative estimate of drug-likeness (QED) is 0.812. The topological polar surface area (TPSA) is 88.1 Å². The minimum absolute atomic E-state index is 0.000741. The smallest absolute Gasteiger partial charge is 0.272 e. The van der Waals surface area contributed by atoms with Crippen LogP contribution in [0.25, 0.3) is 0 Å². The zero-order chi connectivity index (χ0) is 20.8. The number of hydrogen-bond acceptors (Lipinski definition) is 5. The molecule has 1 aliphatic rings. The summed E-state index contributed by atoms with van der Waals surface area (Å²) in [7, 11) is 0. The Morgan fingerprint density at radius 2 is 1.97 bits per heavy atom. The first-order valence-electron chi connectivity index (χ1n) is 10.3. The van der Waals surface area contributed by atoms with Gasteiger partial charge in [0.15, 0.2) is 0 Å². The Morgan fingerprint density at radius 1 is 1.21 bits per heavy atom. The van der Waals surface area contributed by atoms with Crippen molar-refractivity contribution in [3.05, 3.63) is 52.9 Å². The lowest BCUT2D eigenvalue weighted by atomic mass is 9.96. The maximum atomic E-state index is 12.8. The third kappa shape index (κ3) is 5.16. The van der Waals surface area contributed by atoms with Crippen LogP contribution in [0.2, 0.25) is 0 Å². The van der Waals surface area contributed by atoms with E-state index in [1.54, 1.807) is 18.3 Å². The number of carbonyl (C=O) groups excluding carboxylic acids is 2. The van der Waals surface area contributed by atoms with Crippen LogP contribution in [0.1, 0.15) is 65.4 Å². The Bertz CT molecular complexity index is 846. The Kier molecular flexibility index (Phi) is 6.90. The van der Waals surface area contributed by atoms with E-state index in [0.717, 1.165) is 48.6 Å². The van der Waals surface area contributed by atoms with Gasteiger partial charge in [0.05, 0.1) is 6.42 Å². The van der Waals surface area contributed by atoms with Gasteiger partial charge in [-0.05, 0) is 45.2 Å². The fourth-order valence-electron chi connectivity index (χ4n) is 3.71. The highest BCUT2D eigenvalue weighted by Crippen LogP contribution is 2.26. The van der Waals surface area contributed by atoms with Crippen molar-refractivity contribution in [2.75, 3.05) is 19.6 Å². The first kappa shape index (κ1) is 20.9. The summed E-state index contributed by atoms with van der Waals surface area (Å²) in [4.78, 5) is 40.3. The number of aromatic nitrogens is 3. The number of aryl methyl sites for hydroxylation is 2. The van der Waals surface area contributed by atoms with Crippen LogP contribution in [0.4, 0.5) is 0 Å². The molecule has 7 nitrogen and oxygen atoms in total. The second-order valence-corrected chi connectivity index (χ2v) is 7.56. The van der Waals surface area contributed by atoms with Crippen molar-refractivity contribution in [2.24, 2.45) is 0 Å². The number of amides is 2. The van der Waals surface area contributed by atoms with E-state index in [4.69, 9.17) is 9.97 Å². The molecule has 0 spiro atoms. The molecule has 3 rings (SSSR count). The molecule has 0 radical (unpaired) electrons. The van der Waals surface area contributed by atoms with Crippen molar-refractivity contribution in [2.45, 2.75) is 52.4 Å². The van der Waals surface area contributed by atoms with Crippen molar-refractivity contribution >= 4 is 11.8 Å². The minimum Gasteiger partial charge on any atom is -0.356 e. The number of nitrogens with one attached hydrogen (secondary N) is 1. The van der Waals surface area contributed by atoms with Crippen molar-refractivity contribution in [1.82, 2.24) is 25.2 Å². The van der Waals surface area contributed by atoms with E-state index < -0.39 is 0 Å². The Hall–Kier alpha value is -2.83. The van der Waals surface area contributed by atoms with Crippen LogP contribution in [0.5, 0.6) is 0 Å². The minimum atomic E-state index is -0.0482. The third-order valence-corrected chi connectivity index (χ3v) is 5.31. The number of likely N-dealkylation sites (tertiary alicyclic amines) is 1. The summed E-state index contributed by atoms with van der Waals surface area (Å²) in [5.74, 6) is 0.806. The first-order chi connectivity index (χ1) is 14.0. The number of pyridine rings is 1. The summed E-state index contributed by atoms with van der Waals surface area (Å²) in [5.41, 5.74) is 3.04. The molecule has 0 unspecified atom stereocenters. The third-order valence-electron chi connectivity index (χ3n) is 5.31. The second kappa shape index (κ2) is 9.58. The molecule has 1 aliphatic heterocycles. The molecule has 1 fully saturated rings.